The van der Waals surface area contributed by atoms with Crippen LogP contribution in [0, 0.1) is 12.7 Å². The molecule has 0 bridgehead atoms. The van der Waals surface area contributed by atoms with E-state index in [-0.39, 0.29) is 11.7 Å². The highest BCUT2D eigenvalue weighted by atomic mass is 32.1. The Morgan fingerprint density at radius 1 is 1.10 bits per heavy atom. The summed E-state index contributed by atoms with van der Waals surface area (Å²) < 4.78 is 13.0. The Balaban J connectivity index is 1.26. The van der Waals surface area contributed by atoms with Crippen LogP contribution in [-0.4, -0.2) is 47.2 Å². The third-order valence-corrected chi connectivity index (χ3v) is 6.03. The van der Waals surface area contributed by atoms with Gasteiger partial charge in [-0.05, 0) is 42.3 Å². The number of hydrogen-bond acceptors (Lipinski definition) is 6. The molecule has 1 aromatic heterocycles. The van der Waals surface area contributed by atoms with Gasteiger partial charge in [0.15, 0.2) is 0 Å². The summed E-state index contributed by atoms with van der Waals surface area (Å²) in [5.74, 6) is -0.550. The van der Waals surface area contributed by atoms with Crippen LogP contribution in [-0.2, 0) is 13.1 Å². The number of benzene rings is 2. The lowest BCUT2D eigenvalue weighted by Gasteiger charge is -2.35. The lowest BCUT2D eigenvalue weighted by atomic mass is 10.2. The lowest BCUT2D eigenvalue weighted by Crippen LogP contribution is -2.45. The topological polar surface area (TPSA) is 61.4 Å². The summed E-state index contributed by atoms with van der Waals surface area (Å²) in [5, 5.41) is 12.2. The molecule has 30 heavy (non-hydrogen) atoms. The highest BCUT2D eigenvalue weighted by molar-refractivity contribution is 7.13. The molecule has 1 aliphatic heterocycles. The summed E-state index contributed by atoms with van der Waals surface area (Å²) in [5.41, 5.74) is 3.38. The molecule has 0 unspecified atom stereocenters. The molecule has 6 nitrogen and oxygen atoms in total. The zero-order chi connectivity index (χ0) is 20.9. The number of amides is 1. The van der Waals surface area contributed by atoms with Crippen molar-refractivity contribution in [2.24, 2.45) is 0 Å². The summed E-state index contributed by atoms with van der Waals surface area (Å²) >= 11 is 1.32. The van der Waals surface area contributed by atoms with E-state index >= 15 is 0 Å². The molecule has 1 aliphatic rings. The molecule has 0 radical (unpaired) electrons. The van der Waals surface area contributed by atoms with E-state index in [4.69, 9.17) is 0 Å². The minimum absolute atomic E-state index is 0.257. The van der Waals surface area contributed by atoms with Gasteiger partial charge in [-0.2, -0.15) is 0 Å². The van der Waals surface area contributed by atoms with Crippen molar-refractivity contribution >= 4 is 22.9 Å². The standard InChI is InChI=1S/C22H24FN5OS/c1-16-3-2-4-19(13-16)28-11-9-27(10-12-28)15-20-25-26-22(30-20)21(29)24-14-17-5-7-18(23)8-6-17/h2-8,13H,9-12,14-15H2,1H3,(H,24,29). The van der Waals surface area contributed by atoms with Crippen LogP contribution in [0.5, 0.6) is 0 Å². The van der Waals surface area contributed by atoms with E-state index in [0.717, 1.165) is 36.8 Å². The Morgan fingerprint density at radius 2 is 1.87 bits per heavy atom. The van der Waals surface area contributed by atoms with Crippen LogP contribution >= 0.6 is 11.3 Å². The highest BCUT2D eigenvalue weighted by Gasteiger charge is 2.20. The second-order valence-corrected chi connectivity index (χ2v) is 8.47. The molecule has 4 rings (SSSR count). The van der Waals surface area contributed by atoms with Gasteiger partial charge in [-0.1, -0.05) is 35.6 Å². The van der Waals surface area contributed by atoms with E-state index < -0.39 is 0 Å². The molecule has 0 atom stereocenters. The van der Waals surface area contributed by atoms with Gasteiger partial charge < -0.3 is 10.2 Å². The van der Waals surface area contributed by atoms with Crippen LogP contribution in [0.15, 0.2) is 48.5 Å². The SMILES string of the molecule is Cc1cccc(N2CCN(Cc3nnc(C(=O)NCc4ccc(F)cc4)s3)CC2)c1. The molecular formula is C22H24FN5OS. The fourth-order valence-corrected chi connectivity index (χ4v) is 4.25. The molecule has 0 spiro atoms. The number of aromatic nitrogens is 2. The third kappa shape index (κ3) is 5.20. The van der Waals surface area contributed by atoms with Crippen molar-refractivity contribution in [1.29, 1.82) is 0 Å². The molecule has 1 N–H and O–H groups in total. The van der Waals surface area contributed by atoms with Crippen molar-refractivity contribution < 1.29 is 9.18 Å². The van der Waals surface area contributed by atoms with E-state index in [1.807, 2.05) is 0 Å². The molecule has 156 valence electrons. The van der Waals surface area contributed by atoms with Crippen LogP contribution in [0.2, 0.25) is 0 Å². The molecule has 3 aromatic rings. The first kappa shape index (κ1) is 20.4. The van der Waals surface area contributed by atoms with Crippen molar-refractivity contribution in [3.05, 3.63) is 75.5 Å². The highest BCUT2D eigenvalue weighted by Crippen LogP contribution is 2.19. The van der Waals surface area contributed by atoms with E-state index in [1.165, 1.54) is 34.7 Å². The van der Waals surface area contributed by atoms with Crippen LogP contribution in [0.25, 0.3) is 0 Å². The molecule has 1 amide bonds. The van der Waals surface area contributed by atoms with E-state index in [2.05, 4.69) is 56.5 Å². The van der Waals surface area contributed by atoms with E-state index in [9.17, 15) is 9.18 Å². The summed E-state index contributed by atoms with van der Waals surface area (Å²) in [6, 6.07) is 14.6. The predicted octanol–water partition coefficient (Wildman–Crippen LogP) is 3.24. The first-order valence-electron chi connectivity index (χ1n) is 9.96. The summed E-state index contributed by atoms with van der Waals surface area (Å²) in [4.78, 5) is 17.1. The minimum Gasteiger partial charge on any atom is -0.369 e. The number of hydrogen-bond donors (Lipinski definition) is 1. The normalized spacial score (nSPS) is 14.7. The van der Waals surface area contributed by atoms with Gasteiger partial charge in [0.1, 0.15) is 10.8 Å². The third-order valence-electron chi connectivity index (χ3n) is 5.13. The fraction of sp³-hybridized carbons (Fsp3) is 0.318. The number of aryl methyl sites for hydroxylation is 1. The summed E-state index contributed by atoms with van der Waals surface area (Å²) in [6.45, 7) is 6.96. The molecule has 8 heteroatoms. The maximum atomic E-state index is 13.0. The number of carbonyl (C=O) groups excluding carboxylic acids is 1. The number of piperazine rings is 1. The Bertz CT molecular complexity index is 999. The number of rotatable bonds is 6. The second kappa shape index (κ2) is 9.32. The maximum Gasteiger partial charge on any atom is 0.282 e. The number of nitrogens with one attached hydrogen (secondary N) is 1. The van der Waals surface area contributed by atoms with Gasteiger partial charge in [0.2, 0.25) is 5.01 Å². The van der Waals surface area contributed by atoms with E-state index in [0.29, 0.717) is 18.1 Å². The fourth-order valence-electron chi connectivity index (χ4n) is 3.45. The molecular weight excluding hydrogens is 401 g/mol. The molecule has 0 saturated carbocycles. The van der Waals surface area contributed by atoms with Gasteiger partial charge in [0.05, 0.1) is 6.54 Å². The van der Waals surface area contributed by atoms with Gasteiger partial charge in [-0.25, -0.2) is 4.39 Å². The van der Waals surface area contributed by atoms with Crippen molar-refractivity contribution in [3.8, 4) is 0 Å². The van der Waals surface area contributed by atoms with Crippen LogP contribution in [0.4, 0.5) is 10.1 Å². The molecule has 1 saturated heterocycles. The van der Waals surface area contributed by atoms with E-state index in [1.54, 1.807) is 12.1 Å². The number of carbonyl (C=O) groups is 1. The Morgan fingerprint density at radius 3 is 2.60 bits per heavy atom. The Kier molecular flexibility index (Phi) is 6.35. The van der Waals surface area contributed by atoms with Gasteiger partial charge in [0.25, 0.3) is 5.91 Å². The van der Waals surface area contributed by atoms with Gasteiger partial charge in [-0.3, -0.25) is 9.69 Å². The van der Waals surface area contributed by atoms with Crippen LogP contribution in [0.3, 0.4) is 0 Å². The minimum atomic E-state index is -0.293. The zero-order valence-electron chi connectivity index (χ0n) is 16.8. The monoisotopic (exact) mass is 425 g/mol. The first-order chi connectivity index (χ1) is 14.6. The second-order valence-electron chi connectivity index (χ2n) is 7.41. The number of halogens is 1. The van der Waals surface area contributed by atoms with Crippen LogP contribution in [0.1, 0.15) is 25.9 Å². The molecule has 2 heterocycles. The maximum absolute atomic E-state index is 13.0. The van der Waals surface area contributed by atoms with Gasteiger partial charge >= 0.3 is 0 Å². The van der Waals surface area contributed by atoms with Crippen molar-refractivity contribution in [2.45, 2.75) is 20.0 Å². The zero-order valence-corrected chi connectivity index (χ0v) is 17.7. The molecule has 2 aromatic carbocycles. The van der Waals surface area contributed by atoms with Crippen LogP contribution < -0.4 is 10.2 Å². The van der Waals surface area contributed by atoms with Crippen molar-refractivity contribution in [1.82, 2.24) is 20.4 Å². The average molecular weight is 426 g/mol. The summed E-state index contributed by atoms with van der Waals surface area (Å²) in [7, 11) is 0. The lowest BCUT2D eigenvalue weighted by molar-refractivity contribution is 0.0950. The van der Waals surface area contributed by atoms with Gasteiger partial charge in [0, 0.05) is 38.4 Å². The largest absolute Gasteiger partial charge is 0.369 e. The first-order valence-corrected chi connectivity index (χ1v) is 10.8. The smallest absolute Gasteiger partial charge is 0.282 e. The quantitative estimate of drug-likeness (QED) is 0.657. The molecule has 1 fully saturated rings. The number of anilines is 1. The summed E-state index contributed by atoms with van der Waals surface area (Å²) in [6.07, 6.45) is 0. The average Bonchev–Trinajstić information content (AvgIpc) is 3.22. The van der Waals surface area contributed by atoms with Crippen molar-refractivity contribution in [2.75, 3.05) is 31.1 Å². The Labute approximate surface area is 179 Å². The number of nitrogens with zero attached hydrogens (tertiary/aromatic N) is 4. The Hall–Kier alpha value is -2.84. The van der Waals surface area contributed by atoms with Crippen molar-refractivity contribution in [3.63, 3.8) is 0 Å². The predicted molar refractivity (Wildman–Crippen MR) is 116 cm³/mol. The molecule has 0 aliphatic carbocycles. The van der Waals surface area contributed by atoms with Gasteiger partial charge in [-0.15, -0.1) is 10.2 Å².